The second kappa shape index (κ2) is 7.61. The zero-order valence-electron chi connectivity index (χ0n) is 16.3. The van der Waals surface area contributed by atoms with Gasteiger partial charge in [0.05, 0.1) is 16.2 Å². The Bertz CT molecular complexity index is 1200. The number of alkyl halides is 9. The minimum atomic E-state index is -5.84. The van der Waals surface area contributed by atoms with Crippen LogP contribution in [0.25, 0.3) is 11.1 Å². The molecule has 0 saturated carbocycles. The number of hydrogen-bond acceptors (Lipinski definition) is 3. The van der Waals surface area contributed by atoms with Gasteiger partial charge in [-0.2, -0.15) is 39.5 Å². The third-order valence-electron chi connectivity index (χ3n) is 4.94. The molecule has 33 heavy (non-hydrogen) atoms. The average Bonchev–Trinajstić information content (AvgIpc) is 3.09. The SMILES string of the molecule is CS(=O)(=O)c1ccc(C2=CC(C(F)(F)F)(C(F)(F)F)C=C2c2ccc(C(F)(F)F)cc2)nc1. The molecule has 0 fully saturated rings. The highest BCUT2D eigenvalue weighted by atomic mass is 32.2. The van der Waals surface area contributed by atoms with Crippen LogP contribution in [-0.4, -0.2) is 32.0 Å². The van der Waals surface area contributed by atoms with Crippen molar-refractivity contribution in [3.05, 3.63) is 71.6 Å². The third-order valence-corrected chi connectivity index (χ3v) is 6.03. The summed E-state index contributed by atoms with van der Waals surface area (Å²) in [5, 5.41) is 0. The van der Waals surface area contributed by atoms with Gasteiger partial charge in [0.2, 0.25) is 0 Å². The predicted octanol–water partition coefficient (Wildman–Crippen LogP) is 6.10. The topological polar surface area (TPSA) is 47.0 Å². The Labute approximate surface area is 181 Å². The van der Waals surface area contributed by atoms with Crippen LogP contribution in [0.1, 0.15) is 16.8 Å². The van der Waals surface area contributed by atoms with E-state index >= 15 is 0 Å². The Morgan fingerprint density at radius 3 is 1.67 bits per heavy atom. The van der Waals surface area contributed by atoms with Crippen molar-refractivity contribution in [2.24, 2.45) is 5.41 Å². The van der Waals surface area contributed by atoms with Crippen molar-refractivity contribution < 1.29 is 47.9 Å². The number of pyridine rings is 1. The quantitative estimate of drug-likeness (QED) is 0.478. The molecule has 1 aliphatic carbocycles. The van der Waals surface area contributed by atoms with E-state index in [2.05, 4.69) is 4.98 Å². The smallest absolute Gasteiger partial charge is 0.255 e. The van der Waals surface area contributed by atoms with Gasteiger partial charge in [0.15, 0.2) is 15.3 Å². The van der Waals surface area contributed by atoms with Crippen molar-refractivity contribution in [2.75, 3.05) is 6.26 Å². The lowest BCUT2D eigenvalue weighted by molar-refractivity contribution is -0.301. The number of aromatic nitrogens is 1. The molecule has 2 aromatic rings. The molecule has 0 N–H and O–H groups in total. The second-order valence-corrected chi connectivity index (χ2v) is 9.22. The molecule has 0 spiro atoms. The highest BCUT2D eigenvalue weighted by molar-refractivity contribution is 7.90. The first-order chi connectivity index (χ1) is 14.9. The van der Waals surface area contributed by atoms with Gasteiger partial charge < -0.3 is 0 Å². The van der Waals surface area contributed by atoms with Gasteiger partial charge in [0.25, 0.3) is 0 Å². The summed E-state index contributed by atoms with van der Waals surface area (Å²) in [6.45, 7) is 0. The summed E-state index contributed by atoms with van der Waals surface area (Å²) in [4.78, 5) is 3.36. The third kappa shape index (κ3) is 4.50. The molecule has 0 unspecified atom stereocenters. The van der Waals surface area contributed by atoms with Gasteiger partial charge >= 0.3 is 18.5 Å². The highest BCUT2D eigenvalue weighted by Gasteiger charge is 2.70. The van der Waals surface area contributed by atoms with E-state index in [-0.39, 0.29) is 22.6 Å². The monoisotopic (exact) mass is 501 g/mol. The first-order valence-corrected chi connectivity index (χ1v) is 10.7. The lowest BCUT2D eigenvalue weighted by atomic mass is 9.87. The van der Waals surface area contributed by atoms with Gasteiger partial charge in [-0.1, -0.05) is 12.1 Å². The van der Waals surface area contributed by atoms with Gasteiger partial charge in [-0.15, -0.1) is 0 Å². The first kappa shape index (κ1) is 24.8. The van der Waals surface area contributed by atoms with Crippen LogP contribution in [0.5, 0.6) is 0 Å². The number of hydrogen-bond donors (Lipinski definition) is 0. The highest BCUT2D eigenvalue weighted by Crippen LogP contribution is 2.59. The maximum absolute atomic E-state index is 13.7. The van der Waals surface area contributed by atoms with E-state index < -0.39 is 56.2 Å². The Kier molecular flexibility index (Phi) is 5.72. The number of benzene rings is 1. The zero-order valence-corrected chi connectivity index (χ0v) is 17.1. The average molecular weight is 501 g/mol. The molecule has 0 saturated heterocycles. The van der Waals surface area contributed by atoms with Crippen molar-refractivity contribution in [1.29, 1.82) is 0 Å². The molecule has 0 aliphatic heterocycles. The predicted molar refractivity (Wildman–Crippen MR) is 99.3 cm³/mol. The Hall–Kier alpha value is -2.83. The summed E-state index contributed by atoms with van der Waals surface area (Å²) < 4.78 is 144. The number of sulfone groups is 1. The molecule has 13 heteroatoms. The van der Waals surface area contributed by atoms with Crippen LogP contribution in [0.3, 0.4) is 0 Å². The van der Waals surface area contributed by atoms with E-state index in [0.29, 0.717) is 12.1 Å². The van der Waals surface area contributed by atoms with Crippen molar-refractivity contribution in [3.8, 4) is 0 Å². The fourth-order valence-corrected chi connectivity index (χ4v) is 3.75. The molecule has 0 bridgehead atoms. The second-order valence-electron chi connectivity index (χ2n) is 7.21. The fraction of sp³-hybridized carbons (Fsp3) is 0.250. The van der Waals surface area contributed by atoms with Crippen molar-refractivity contribution >= 4 is 21.0 Å². The van der Waals surface area contributed by atoms with E-state index in [1.165, 1.54) is 0 Å². The van der Waals surface area contributed by atoms with E-state index in [1.54, 1.807) is 0 Å². The van der Waals surface area contributed by atoms with Crippen molar-refractivity contribution in [2.45, 2.75) is 23.4 Å². The fourth-order valence-electron chi connectivity index (χ4n) is 3.19. The van der Waals surface area contributed by atoms with E-state index in [4.69, 9.17) is 0 Å². The summed E-state index contributed by atoms with van der Waals surface area (Å²) >= 11 is 0. The lowest BCUT2D eigenvalue weighted by Gasteiger charge is -2.30. The maximum atomic E-state index is 13.7. The van der Waals surface area contributed by atoms with Crippen LogP contribution >= 0.6 is 0 Å². The minimum absolute atomic E-state index is 0.109. The van der Waals surface area contributed by atoms with E-state index in [9.17, 15) is 47.9 Å². The van der Waals surface area contributed by atoms with Gasteiger partial charge in [-0.3, -0.25) is 4.98 Å². The normalized spacial score (nSPS) is 17.0. The number of halogens is 9. The summed E-state index contributed by atoms with van der Waals surface area (Å²) in [6, 6.07) is 4.41. The molecule has 3 rings (SSSR count). The van der Waals surface area contributed by atoms with Crippen molar-refractivity contribution in [1.82, 2.24) is 4.98 Å². The zero-order chi connectivity index (χ0) is 25.0. The molecule has 178 valence electrons. The van der Waals surface area contributed by atoms with Crippen LogP contribution in [-0.2, 0) is 16.0 Å². The van der Waals surface area contributed by atoms with Crippen LogP contribution in [0.4, 0.5) is 39.5 Å². The van der Waals surface area contributed by atoms with Crippen LogP contribution in [0.15, 0.2) is 59.6 Å². The van der Waals surface area contributed by atoms with E-state index in [1.807, 2.05) is 0 Å². The lowest BCUT2D eigenvalue weighted by Crippen LogP contribution is -2.46. The largest absolute Gasteiger partial charge is 0.416 e. The molecule has 3 nitrogen and oxygen atoms in total. The van der Waals surface area contributed by atoms with Crippen LogP contribution < -0.4 is 0 Å². The van der Waals surface area contributed by atoms with Gasteiger partial charge in [-0.25, -0.2) is 8.42 Å². The molecule has 0 atom stereocenters. The van der Waals surface area contributed by atoms with Gasteiger partial charge in [0.1, 0.15) is 0 Å². The molecular formula is C20H12F9NO2S. The number of allylic oxidation sites excluding steroid dienone is 4. The summed E-state index contributed by atoms with van der Waals surface area (Å²) in [6.07, 6.45) is -15.1. The van der Waals surface area contributed by atoms with Crippen LogP contribution in [0, 0.1) is 5.41 Å². The number of rotatable bonds is 3. The Morgan fingerprint density at radius 1 is 0.758 bits per heavy atom. The molecular weight excluding hydrogens is 489 g/mol. The molecule has 1 aromatic heterocycles. The summed E-state index contributed by atoms with van der Waals surface area (Å²) in [5.74, 6) is 0. The van der Waals surface area contributed by atoms with Gasteiger partial charge in [0, 0.05) is 18.0 Å². The molecule has 1 heterocycles. The standard InChI is InChI=1S/C20H12F9NO2S/c1-33(31,32)13-6-7-16(30-10-13)15-9-17(19(24,25)26,20(27,28)29)8-14(15)11-2-4-12(5-3-11)18(21,22)23/h2-10H,1H3. The molecule has 1 aliphatic rings. The summed E-state index contributed by atoms with van der Waals surface area (Å²) in [5.41, 5.74) is -7.67. The van der Waals surface area contributed by atoms with Crippen LogP contribution in [0.2, 0.25) is 0 Å². The molecule has 0 amide bonds. The molecule has 1 aromatic carbocycles. The van der Waals surface area contributed by atoms with E-state index in [0.717, 1.165) is 36.7 Å². The first-order valence-electron chi connectivity index (χ1n) is 8.80. The van der Waals surface area contributed by atoms with Crippen molar-refractivity contribution in [3.63, 3.8) is 0 Å². The Morgan fingerprint density at radius 2 is 1.27 bits per heavy atom. The molecule has 0 radical (unpaired) electrons. The Balaban J connectivity index is 2.25. The number of nitrogens with zero attached hydrogens (tertiary/aromatic N) is 1. The van der Waals surface area contributed by atoms with Gasteiger partial charge in [-0.05, 0) is 47.6 Å². The minimum Gasteiger partial charge on any atom is -0.255 e. The summed E-state index contributed by atoms with van der Waals surface area (Å²) in [7, 11) is -3.76. The maximum Gasteiger partial charge on any atom is 0.416 e.